The number of methoxy groups -OCH3 is 2. The van der Waals surface area contributed by atoms with E-state index in [-0.39, 0.29) is 6.42 Å². The molecule has 1 aliphatic rings. The molecule has 1 rings (SSSR count). The van der Waals surface area contributed by atoms with Gasteiger partial charge in [-0.15, -0.1) is 0 Å². The Morgan fingerprint density at radius 3 is 2.53 bits per heavy atom. The molecule has 0 saturated carbocycles. The van der Waals surface area contributed by atoms with E-state index in [0.717, 1.165) is 0 Å². The summed E-state index contributed by atoms with van der Waals surface area (Å²) >= 11 is 0. The molecule has 0 radical (unpaired) electrons. The zero-order valence-corrected chi connectivity index (χ0v) is 8.97. The Hall–Kier alpha value is -0.690. The normalized spacial score (nSPS) is 41.5. The number of aliphatic carboxylic acids is 1. The maximum Gasteiger partial charge on any atom is 0.335 e. The molecule has 6 nitrogen and oxygen atoms in total. The molecule has 0 aromatic heterocycles. The second-order valence-corrected chi connectivity index (χ2v) is 3.69. The van der Waals surface area contributed by atoms with Crippen molar-refractivity contribution in [2.24, 2.45) is 0 Å². The molecule has 0 aromatic rings. The Kier molecular flexibility index (Phi) is 3.67. The van der Waals surface area contributed by atoms with Crippen LogP contribution in [0.1, 0.15) is 13.3 Å². The van der Waals surface area contributed by atoms with Gasteiger partial charge in [-0.3, -0.25) is 0 Å². The maximum absolute atomic E-state index is 10.9. The lowest BCUT2D eigenvalue weighted by Gasteiger charge is -2.42. The van der Waals surface area contributed by atoms with Gasteiger partial charge in [0.05, 0.1) is 6.10 Å². The van der Waals surface area contributed by atoms with E-state index in [0.29, 0.717) is 0 Å². The first-order valence-electron chi connectivity index (χ1n) is 4.60. The predicted octanol–water partition coefficient (Wildman–Crippen LogP) is -0.402. The summed E-state index contributed by atoms with van der Waals surface area (Å²) in [6, 6.07) is 0. The smallest absolute Gasteiger partial charge is 0.335 e. The third kappa shape index (κ3) is 2.46. The molecule has 4 atom stereocenters. The highest BCUT2D eigenvalue weighted by Gasteiger charge is 2.47. The summed E-state index contributed by atoms with van der Waals surface area (Å²) in [5.74, 6) is -2.26. The number of rotatable bonds is 3. The van der Waals surface area contributed by atoms with Gasteiger partial charge in [0.15, 0.2) is 11.9 Å². The molecule has 1 heterocycles. The molecule has 88 valence electrons. The van der Waals surface area contributed by atoms with Crippen LogP contribution >= 0.6 is 0 Å². The van der Waals surface area contributed by atoms with E-state index >= 15 is 0 Å². The minimum atomic E-state index is -1.22. The number of hydrogen-bond donors (Lipinski definition) is 2. The Morgan fingerprint density at radius 2 is 2.13 bits per heavy atom. The van der Waals surface area contributed by atoms with Crippen molar-refractivity contribution < 1.29 is 29.2 Å². The van der Waals surface area contributed by atoms with Crippen molar-refractivity contribution in [3.8, 4) is 0 Å². The molecular formula is C9H16O6. The molecule has 1 fully saturated rings. The van der Waals surface area contributed by atoms with Gasteiger partial charge in [0, 0.05) is 20.6 Å². The zero-order chi connectivity index (χ0) is 11.6. The van der Waals surface area contributed by atoms with E-state index in [2.05, 4.69) is 0 Å². The fraction of sp³-hybridized carbons (Fsp3) is 0.889. The van der Waals surface area contributed by atoms with Crippen molar-refractivity contribution >= 4 is 5.97 Å². The minimum absolute atomic E-state index is 0.172. The second kappa shape index (κ2) is 4.44. The summed E-state index contributed by atoms with van der Waals surface area (Å²) < 4.78 is 15.2. The van der Waals surface area contributed by atoms with Crippen LogP contribution in [-0.2, 0) is 19.0 Å². The van der Waals surface area contributed by atoms with E-state index in [1.54, 1.807) is 6.92 Å². The van der Waals surface area contributed by atoms with Gasteiger partial charge in [-0.1, -0.05) is 0 Å². The highest BCUT2D eigenvalue weighted by molar-refractivity contribution is 5.73. The van der Waals surface area contributed by atoms with Crippen molar-refractivity contribution in [2.75, 3.05) is 14.2 Å². The molecule has 6 heteroatoms. The number of carboxylic acid groups (broad SMARTS) is 1. The molecule has 2 N–H and O–H groups in total. The molecule has 0 bridgehead atoms. The monoisotopic (exact) mass is 220 g/mol. The summed E-state index contributed by atoms with van der Waals surface area (Å²) in [5.41, 5.74) is 0. The van der Waals surface area contributed by atoms with Crippen LogP contribution in [0.5, 0.6) is 0 Å². The van der Waals surface area contributed by atoms with Gasteiger partial charge in [0.1, 0.15) is 6.10 Å². The van der Waals surface area contributed by atoms with Gasteiger partial charge >= 0.3 is 5.97 Å². The molecule has 15 heavy (non-hydrogen) atoms. The lowest BCUT2D eigenvalue weighted by molar-refractivity contribution is -0.301. The molecule has 0 amide bonds. The topological polar surface area (TPSA) is 85.2 Å². The van der Waals surface area contributed by atoms with E-state index in [4.69, 9.17) is 19.3 Å². The molecule has 0 aromatic carbocycles. The summed E-state index contributed by atoms with van der Waals surface area (Å²) in [6.45, 7) is 1.58. The van der Waals surface area contributed by atoms with Gasteiger partial charge < -0.3 is 24.4 Å². The van der Waals surface area contributed by atoms with Crippen LogP contribution in [0.2, 0.25) is 0 Å². The molecule has 0 aliphatic carbocycles. The fourth-order valence-electron chi connectivity index (χ4n) is 1.68. The summed E-state index contributed by atoms with van der Waals surface area (Å²) in [6.07, 6.45) is -2.84. The molecule has 4 unspecified atom stereocenters. The second-order valence-electron chi connectivity index (χ2n) is 3.69. The Bertz CT molecular complexity index is 243. The summed E-state index contributed by atoms with van der Waals surface area (Å²) in [5, 5.41) is 18.6. The first-order valence-corrected chi connectivity index (χ1v) is 4.60. The van der Waals surface area contributed by atoms with Crippen LogP contribution < -0.4 is 0 Å². The van der Waals surface area contributed by atoms with E-state index in [1.165, 1.54) is 14.2 Å². The summed E-state index contributed by atoms with van der Waals surface area (Å²) in [4.78, 5) is 10.9. The highest BCUT2D eigenvalue weighted by atomic mass is 16.7. The Balaban J connectivity index is 2.86. The predicted molar refractivity (Wildman–Crippen MR) is 49.3 cm³/mol. The van der Waals surface area contributed by atoms with Gasteiger partial charge in [0.25, 0.3) is 0 Å². The van der Waals surface area contributed by atoms with E-state index in [1.807, 2.05) is 0 Å². The number of aliphatic hydroxyl groups is 1. The highest BCUT2D eigenvalue weighted by Crippen LogP contribution is 2.31. The van der Waals surface area contributed by atoms with Crippen molar-refractivity contribution in [3.63, 3.8) is 0 Å². The van der Waals surface area contributed by atoms with Gasteiger partial charge in [-0.2, -0.15) is 0 Å². The summed E-state index contributed by atoms with van der Waals surface area (Å²) in [7, 11) is 2.74. The van der Waals surface area contributed by atoms with Crippen LogP contribution in [0.4, 0.5) is 0 Å². The van der Waals surface area contributed by atoms with Crippen molar-refractivity contribution in [3.05, 3.63) is 0 Å². The van der Waals surface area contributed by atoms with E-state index < -0.39 is 30.1 Å². The molecule has 0 spiro atoms. The first kappa shape index (κ1) is 12.4. The minimum Gasteiger partial charge on any atom is -0.479 e. The van der Waals surface area contributed by atoms with E-state index in [9.17, 15) is 9.90 Å². The number of carboxylic acids is 1. The average Bonchev–Trinajstić information content (AvgIpc) is 2.17. The quantitative estimate of drug-likeness (QED) is 0.673. The number of ether oxygens (including phenoxy) is 3. The van der Waals surface area contributed by atoms with Crippen LogP contribution in [0, 0.1) is 0 Å². The standard InChI is InChI=1S/C9H16O6/c1-9(14-3)4-5(10)6(13-2)7(15-9)8(11)12/h5-7,10H,4H2,1-3H3,(H,11,12). The lowest BCUT2D eigenvalue weighted by atomic mass is 9.96. The van der Waals surface area contributed by atoms with Crippen LogP contribution in [-0.4, -0.2) is 54.5 Å². The molecular weight excluding hydrogens is 204 g/mol. The third-order valence-electron chi connectivity index (χ3n) is 2.58. The fourth-order valence-corrected chi connectivity index (χ4v) is 1.68. The number of aliphatic hydroxyl groups excluding tert-OH is 1. The van der Waals surface area contributed by atoms with Gasteiger partial charge in [-0.05, 0) is 6.92 Å². The first-order chi connectivity index (χ1) is 6.93. The number of carbonyl (C=O) groups is 1. The Labute approximate surface area is 87.7 Å². The lowest BCUT2D eigenvalue weighted by Crippen LogP contribution is -2.57. The average molecular weight is 220 g/mol. The molecule has 1 aliphatic heterocycles. The van der Waals surface area contributed by atoms with Crippen molar-refractivity contribution in [1.82, 2.24) is 0 Å². The van der Waals surface area contributed by atoms with Crippen LogP contribution in [0.15, 0.2) is 0 Å². The van der Waals surface area contributed by atoms with Crippen molar-refractivity contribution in [1.29, 1.82) is 0 Å². The largest absolute Gasteiger partial charge is 0.479 e. The van der Waals surface area contributed by atoms with Gasteiger partial charge in [-0.25, -0.2) is 4.79 Å². The van der Waals surface area contributed by atoms with Gasteiger partial charge in [0.2, 0.25) is 0 Å². The molecule has 1 saturated heterocycles. The van der Waals surface area contributed by atoms with Crippen LogP contribution in [0.3, 0.4) is 0 Å². The van der Waals surface area contributed by atoms with Crippen molar-refractivity contribution in [2.45, 2.75) is 37.4 Å². The number of hydrogen-bond acceptors (Lipinski definition) is 5. The third-order valence-corrected chi connectivity index (χ3v) is 2.58. The maximum atomic E-state index is 10.9. The zero-order valence-electron chi connectivity index (χ0n) is 8.97. The Morgan fingerprint density at radius 1 is 1.53 bits per heavy atom. The van der Waals surface area contributed by atoms with Crippen LogP contribution in [0.25, 0.3) is 0 Å². The SMILES string of the molecule is COC1C(O)CC(C)(OC)OC1C(=O)O.